The maximum Gasteiger partial charge on any atom is 0.390 e. The summed E-state index contributed by atoms with van der Waals surface area (Å²) >= 11 is 0. The summed E-state index contributed by atoms with van der Waals surface area (Å²) in [6.45, 7) is -0.444. The summed E-state index contributed by atoms with van der Waals surface area (Å²) in [5, 5.41) is 4.95. The predicted molar refractivity (Wildman–Crippen MR) is 56.8 cm³/mol. The molecule has 1 aromatic heterocycles. The second-order valence-electron chi connectivity index (χ2n) is 3.29. The highest BCUT2D eigenvalue weighted by molar-refractivity contribution is 5.99. The number of amides is 1. The Labute approximate surface area is 96.2 Å². The molecular formula is C10H12F3N3O. The van der Waals surface area contributed by atoms with Crippen LogP contribution in [0.2, 0.25) is 0 Å². The summed E-state index contributed by atoms with van der Waals surface area (Å²) in [5.74, 6) is -0.577. The van der Waals surface area contributed by atoms with Crippen molar-refractivity contribution in [2.45, 2.75) is 12.6 Å². The Hall–Kier alpha value is -1.79. The van der Waals surface area contributed by atoms with Gasteiger partial charge in [-0.15, -0.1) is 0 Å². The van der Waals surface area contributed by atoms with Crippen LogP contribution in [0, 0.1) is 0 Å². The van der Waals surface area contributed by atoms with Crippen LogP contribution in [-0.4, -0.2) is 30.7 Å². The minimum absolute atomic E-state index is 0.220. The van der Waals surface area contributed by atoms with Crippen LogP contribution in [0.5, 0.6) is 0 Å². The standard InChI is InChI=1S/C10H12F3N3O/c1-14-8-2-4-15-6-7(8)9(17)16-5-3-10(11,12)13/h2,4,6H,3,5H2,1H3,(H,14,15)(H,16,17). The average molecular weight is 247 g/mol. The largest absolute Gasteiger partial charge is 0.390 e. The van der Waals surface area contributed by atoms with E-state index in [9.17, 15) is 18.0 Å². The molecule has 4 nitrogen and oxygen atoms in total. The average Bonchev–Trinajstić information content (AvgIpc) is 2.27. The van der Waals surface area contributed by atoms with Crippen LogP contribution in [0.3, 0.4) is 0 Å². The molecule has 0 unspecified atom stereocenters. The van der Waals surface area contributed by atoms with Gasteiger partial charge in [0.1, 0.15) is 0 Å². The third-order valence-corrected chi connectivity index (χ3v) is 2.03. The van der Waals surface area contributed by atoms with E-state index in [0.29, 0.717) is 5.69 Å². The maximum atomic E-state index is 11.9. The van der Waals surface area contributed by atoms with Crippen molar-refractivity contribution in [2.24, 2.45) is 0 Å². The number of hydrogen-bond acceptors (Lipinski definition) is 3. The first-order chi connectivity index (χ1) is 7.94. The summed E-state index contributed by atoms with van der Waals surface area (Å²) < 4.78 is 35.6. The number of halogens is 3. The van der Waals surface area contributed by atoms with Gasteiger partial charge in [-0.25, -0.2) is 0 Å². The van der Waals surface area contributed by atoms with Crippen molar-refractivity contribution in [2.75, 3.05) is 18.9 Å². The van der Waals surface area contributed by atoms with Gasteiger partial charge in [-0.1, -0.05) is 0 Å². The fourth-order valence-corrected chi connectivity index (χ4v) is 1.21. The first-order valence-electron chi connectivity index (χ1n) is 4.91. The van der Waals surface area contributed by atoms with Crippen molar-refractivity contribution in [3.63, 3.8) is 0 Å². The molecule has 7 heteroatoms. The van der Waals surface area contributed by atoms with Crippen molar-refractivity contribution in [1.82, 2.24) is 10.3 Å². The first-order valence-corrected chi connectivity index (χ1v) is 4.91. The molecule has 94 valence electrons. The number of rotatable bonds is 4. The van der Waals surface area contributed by atoms with E-state index in [4.69, 9.17) is 0 Å². The maximum absolute atomic E-state index is 11.9. The van der Waals surface area contributed by atoms with Crippen molar-refractivity contribution in [3.05, 3.63) is 24.0 Å². The number of pyridine rings is 1. The third kappa shape index (κ3) is 4.29. The van der Waals surface area contributed by atoms with Crippen molar-refractivity contribution < 1.29 is 18.0 Å². The van der Waals surface area contributed by atoms with Gasteiger partial charge >= 0.3 is 6.18 Å². The summed E-state index contributed by atoms with van der Waals surface area (Å²) in [7, 11) is 1.61. The molecule has 0 aliphatic rings. The van der Waals surface area contributed by atoms with Crippen LogP contribution in [0.25, 0.3) is 0 Å². The number of hydrogen-bond donors (Lipinski definition) is 2. The molecule has 0 radical (unpaired) electrons. The Balaban J connectivity index is 2.58. The van der Waals surface area contributed by atoms with Crippen LogP contribution in [-0.2, 0) is 0 Å². The summed E-state index contributed by atoms with van der Waals surface area (Å²) in [4.78, 5) is 15.3. The number of nitrogens with one attached hydrogen (secondary N) is 2. The molecule has 17 heavy (non-hydrogen) atoms. The van der Waals surface area contributed by atoms with Gasteiger partial charge in [0.05, 0.1) is 12.0 Å². The lowest BCUT2D eigenvalue weighted by Gasteiger charge is -2.10. The number of alkyl halides is 3. The third-order valence-electron chi connectivity index (χ3n) is 2.03. The smallest absolute Gasteiger partial charge is 0.387 e. The Kier molecular flexibility index (Phi) is 4.30. The van der Waals surface area contributed by atoms with Crippen molar-refractivity contribution in [1.29, 1.82) is 0 Å². The zero-order chi connectivity index (χ0) is 12.9. The lowest BCUT2D eigenvalue weighted by Crippen LogP contribution is -2.28. The number of carbonyl (C=O) groups excluding carboxylic acids is 1. The molecule has 2 N–H and O–H groups in total. The normalized spacial score (nSPS) is 11.1. The second kappa shape index (κ2) is 5.51. The minimum Gasteiger partial charge on any atom is -0.387 e. The van der Waals surface area contributed by atoms with E-state index >= 15 is 0 Å². The highest BCUT2D eigenvalue weighted by Crippen LogP contribution is 2.18. The quantitative estimate of drug-likeness (QED) is 0.853. The molecule has 0 bridgehead atoms. The number of aromatic nitrogens is 1. The zero-order valence-corrected chi connectivity index (χ0v) is 9.14. The van der Waals surface area contributed by atoms with E-state index in [1.165, 1.54) is 12.4 Å². The fraction of sp³-hybridized carbons (Fsp3) is 0.400. The lowest BCUT2D eigenvalue weighted by molar-refractivity contribution is -0.132. The molecule has 0 saturated heterocycles. The topological polar surface area (TPSA) is 54.0 Å². The van der Waals surface area contributed by atoms with Gasteiger partial charge in [-0.05, 0) is 6.07 Å². The molecule has 1 aromatic rings. The highest BCUT2D eigenvalue weighted by atomic mass is 19.4. The molecule has 0 spiro atoms. The van der Waals surface area contributed by atoms with Gasteiger partial charge in [-0.2, -0.15) is 13.2 Å². The molecule has 0 aliphatic carbocycles. The molecule has 0 aromatic carbocycles. The Morgan fingerprint density at radius 3 is 2.76 bits per heavy atom. The molecule has 1 heterocycles. The second-order valence-corrected chi connectivity index (χ2v) is 3.29. The number of anilines is 1. The van der Waals surface area contributed by atoms with Gasteiger partial charge in [0.15, 0.2) is 0 Å². The highest BCUT2D eigenvalue weighted by Gasteiger charge is 2.26. The van der Waals surface area contributed by atoms with E-state index in [-0.39, 0.29) is 5.56 Å². The molecular weight excluding hydrogens is 235 g/mol. The van der Waals surface area contributed by atoms with E-state index in [1.54, 1.807) is 13.1 Å². The van der Waals surface area contributed by atoms with Crippen molar-refractivity contribution >= 4 is 11.6 Å². The molecule has 1 amide bonds. The van der Waals surface area contributed by atoms with Crippen molar-refractivity contribution in [3.8, 4) is 0 Å². The van der Waals surface area contributed by atoms with Gasteiger partial charge in [-0.3, -0.25) is 9.78 Å². The lowest BCUT2D eigenvalue weighted by atomic mass is 10.2. The first kappa shape index (κ1) is 13.3. The van der Waals surface area contributed by atoms with Crippen LogP contribution in [0.15, 0.2) is 18.5 Å². The van der Waals surface area contributed by atoms with Crippen LogP contribution in [0.1, 0.15) is 16.8 Å². The summed E-state index contributed by atoms with van der Waals surface area (Å²) in [5.41, 5.74) is 0.738. The number of nitrogens with zero attached hydrogens (tertiary/aromatic N) is 1. The van der Waals surface area contributed by atoms with E-state index in [1.807, 2.05) is 0 Å². The number of carbonyl (C=O) groups is 1. The van der Waals surface area contributed by atoms with Crippen LogP contribution >= 0.6 is 0 Å². The Morgan fingerprint density at radius 2 is 2.18 bits per heavy atom. The molecule has 1 rings (SSSR count). The Bertz CT molecular complexity index is 393. The fourth-order valence-electron chi connectivity index (χ4n) is 1.21. The van der Waals surface area contributed by atoms with E-state index < -0.39 is 25.0 Å². The van der Waals surface area contributed by atoms with Crippen LogP contribution in [0.4, 0.5) is 18.9 Å². The van der Waals surface area contributed by atoms with Gasteiger partial charge < -0.3 is 10.6 Å². The summed E-state index contributed by atoms with van der Waals surface area (Å²) in [6.07, 6.45) is -2.53. The molecule has 0 aliphatic heterocycles. The monoisotopic (exact) mass is 247 g/mol. The van der Waals surface area contributed by atoms with Crippen LogP contribution < -0.4 is 10.6 Å². The van der Waals surface area contributed by atoms with Gasteiger partial charge in [0, 0.05) is 31.7 Å². The van der Waals surface area contributed by atoms with E-state index in [2.05, 4.69) is 15.6 Å². The van der Waals surface area contributed by atoms with E-state index in [0.717, 1.165) is 0 Å². The molecule has 0 fully saturated rings. The predicted octanol–water partition coefficient (Wildman–Crippen LogP) is 1.81. The zero-order valence-electron chi connectivity index (χ0n) is 9.14. The Morgan fingerprint density at radius 1 is 1.47 bits per heavy atom. The minimum atomic E-state index is -4.27. The van der Waals surface area contributed by atoms with Gasteiger partial charge in [0.25, 0.3) is 5.91 Å². The SMILES string of the molecule is CNc1ccncc1C(=O)NCCC(F)(F)F. The van der Waals surface area contributed by atoms with Gasteiger partial charge in [0.2, 0.25) is 0 Å². The molecule has 0 saturated carbocycles. The summed E-state index contributed by atoms with van der Waals surface area (Å²) in [6, 6.07) is 1.57. The molecule has 0 atom stereocenters.